The largest absolute Gasteiger partial charge is 0.478 e. The molecule has 0 aliphatic heterocycles. The van der Waals surface area contributed by atoms with Gasteiger partial charge in [0.1, 0.15) is 35.3 Å². The van der Waals surface area contributed by atoms with E-state index in [0.717, 1.165) is 27.7 Å². The van der Waals surface area contributed by atoms with Crippen molar-refractivity contribution in [1.82, 2.24) is 45.4 Å². The Hall–Kier alpha value is -10.7. The molecule has 11 rings (SSSR count). The van der Waals surface area contributed by atoms with E-state index in [0.29, 0.717) is 64.3 Å². The fraction of sp³-hybridized carbons (Fsp3) is 0.117. The zero-order valence-corrected chi connectivity index (χ0v) is 43.2. The lowest BCUT2D eigenvalue weighted by atomic mass is 10.1. The number of fused-ring (bicyclic) bond motifs is 3. The normalized spacial score (nSPS) is 10.5. The maximum Gasteiger partial charge on any atom is 0.351 e. The van der Waals surface area contributed by atoms with Crippen molar-refractivity contribution < 1.29 is 38.6 Å². The van der Waals surface area contributed by atoms with E-state index in [1.165, 1.54) is 26.4 Å². The van der Waals surface area contributed by atoms with E-state index in [4.69, 9.17) is 14.6 Å². The summed E-state index contributed by atoms with van der Waals surface area (Å²) in [5.74, 6) is -1.70. The van der Waals surface area contributed by atoms with Gasteiger partial charge in [-0.05, 0) is 129 Å². The third-order valence-electron chi connectivity index (χ3n) is 11.9. The molecule has 0 unspecified atom stereocenters. The molecule has 0 fully saturated rings. The smallest absolute Gasteiger partial charge is 0.351 e. The van der Waals surface area contributed by atoms with Gasteiger partial charge in [0.15, 0.2) is 0 Å². The molecule has 19 heteroatoms. The van der Waals surface area contributed by atoms with Gasteiger partial charge in [0.2, 0.25) is 0 Å². The Morgan fingerprint density at radius 3 is 1.20 bits per heavy atom. The van der Waals surface area contributed by atoms with Crippen LogP contribution in [0.1, 0.15) is 61.6 Å². The molecule has 0 radical (unpaired) electrons. The average Bonchev–Trinajstić information content (AvgIpc) is 4.37. The van der Waals surface area contributed by atoms with Gasteiger partial charge in [-0.15, -0.1) is 10.2 Å². The molecule has 19 nitrogen and oxygen atoms in total. The van der Waals surface area contributed by atoms with E-state index in [2.05, 4.69) is 36.0 Å². The molecule has 2 amide bonds. The van der Waals surface area contributed by atoms with Crippen LogP contribution in [0.2, 0.25) is 0 Å². The molecular formula is C60H53N11O8. The van der Waals surface area contributed by atoms with Crippen LogP contribution in [0.5, 0.6) is 0 Å². The Bertz CT molecular complexity index is 3760. The minimum atomic E-state index is -1.01. The number of anilines is 2. The molecule has 11 aromatic rings. The van der Waals surface area contributed by atoms with Crippen LogP contribution in [0.25, 0.3) is 33.1 Å². The highest BCUT2D eigenvalue weighted by Crippen LogP contribution is 2.21. The lowest BCUT2D eigenvalue weighted by Crippen LogP contribution is -2.35. The van der Waals surface area contributed by atoms with Crippen LogP contribution < -0.4 is 9.80 Å². The SMILES string of the molecule is CCN(C(=O)n1nnc2ccccc21)c1ccc(C(=O)O)cc1.CCN(C(=O)n1nnc2ccccc21)c1ccc(C(=O)OCc2ccccc2)cc1.Cc1ccc(C(=O)OCc2ccccc2)cc1.c1ccc2n[nH]nc2c1. The number of aromatic amines is 1. The first-order valence-corrected chi connectivity index (χ1v) is 24.9. The highest BCUT2D eigenvalue weighted by Gasteiger charge is 2.22. The predicted octanol–water partition coefficient (Wildman–Crippen LogP) is 11.2. The van der Waals surface area contributed by atoms with Crippen LogP contribution in [0.4, 0.5) is 21.0 Å². The number of nitrogens with zero attached hydrogens (tertiary/aromatic N) is 10. The molecule has 0 aliphatic rings. The van der Waals surface area contributed by atoms with Crippen LogP contribution in [0.15, 0.2) is 206 Å². The molecule has 2 N–H and O–H groups in total. The third kappa shape index (κ3) is 14.2. The topological polar surface area (TPSA) is 234 Å². The van der Waals surface area contributed by atoms with Gasteiger partial charge >= 0.3 is 30.0 Å². The minimum absolute atomic E-state index is 0.170. The van der Waals surface area contributed by atoms with Crippen LogP contribution in [0.3, 0.4) is 0 Å². The molecular weight excluding hydrogens is 1000 g/mol. The standard InChI is InChI=1S/C23H20N4O3.C16H14N4O3.C15H14O2.C6H5N3/c1-2-26(23(29)27-21-11-7-6-10-20(21)24-25-27)19-14-12-18(13-15-19)22(28)30-16-17-8-4-3-5-9-17;1-2-19(12-9-7-11(8-10-12)15(21)22)16(23)20-14-6-4-3-5-13(14)17-18-20;1-12-7-9-14(10-8-12)15(16)17-11-13-5-3-2-4-6-13;1-2-4-6-5(3-1)7-9-8-6/h3-15H,2,16H2,1H3;3-10H,2H2,1H3,(H,21,22);2-10H,11H2,1H3;1-4H,(H,7,8,9). The van der Waals surface area contributed by atoms with Crippen LogP contribution in [-0.2, 0) is 22.7 Å². The molecule has 3 heterocycles. The first-order chi connectivity index (χ1) is 38.5. The summed E-state index contributed by atoms with van der Waals surface area (Å²) < 4.78 is 13.1. The number of aromatic nitrogens is 9. The van der Waals surface area contributed by atoms with Gasteiger partial charge in [0, 0.05) is 24.5 Å². The molecule has 0 atom stereocenters. The zero-order chi connectivity index (χ0) is 55.5. The molecule has 8 aromatic carbocycles. The number of hydrogen-bond donors (Lipinski definition) is 2. The van der Waals surface area contributed by atoms with Crippen molar-refractivity contribution in [2.75, 3.05) is 22.9 Å². The predicted molar refractivity (Wildman–Crippen MR) is 299 cm³/mol. The number of aryl methyl sites for hydroxylation is 1. The van der Waals surface area contributed by atoms with Crippen molar-refractivity contribution in [2.24, 2.45) is 0 Å². The molecule has 0 aliphatic carbocycles. The molecule has 0 bridgehead atoms. The van der Waals surface area contributed by atoms with E-state index < -0.39 is 11.9 Å². The second kappa shape index (κ2) is 26.7. The highest BCUT2D eigenvalue weighted by atomic mass is 16.5. The lowest BCUT2D eigenvalue weighted by Gasteiger charge is -2.20. The van der Waals surface area contributed by atoms with Gasteiger partial charge in [-0.1, -0.05) is 125 Å². The molecule has 79 heavy (non-hydrogen) atoms. The first-order valence-electron chi connectivity index (χ1n) is 24.9. The molecule has 0 spiro atoms. The number of carboxylic acids is 1. The number of esters is 2. The molecule has 0 saturated heterocycles. The number of aromatic carboxylic acids is 1. The van der Waals surface area contributed by atoms with Gasteiger partial charge in [0.05, 0.1) is 27.7 Å². The Balaban J connectivity index is 0.000000148. The lowest BCUT2D eigenvalue weighted by molar-refractivity contribution is 0.0464. The van der Waals surface area contributed by atoms with Crippen molar-refractivity contribution in [3.8, 4) is 0 Å². The first kappa shape index (κ1) is 54.6. The van der Waals surface area contributed by atoms with Crippen LogP contribution in [-0.4, -0.2) is 93.6 Å². The Morgan fingerprint density at radius 1 is 0.456 bits per heavy atom. The number of ether oxygens (including phenoxy) is 2. The number of carbonyl (C=O) groups is 5. The second-order valence-corrected chi connectivity index (χ2v) is 17.2. The summed E-state index contributed by atoms with van der Waals surface area (Å²) in [4.78, 5) is 63.8. The Kier molecular flexibility index (Phi) is 18.4. The number of amides is 2. The molecule has 396 valence electrons. The third-order valence-corrected chi connectivity index (χ3v) is 11.9. The van der Waals surface area contributed by atoms with Crippen LogP contribution in [0, 0.1) is 6.92 Å². The number of hydrogen-bond acceptors (Lipinski definition) is 13. The van der Waals surface area contributed by atoms with E-state index in [1.54, 1.807) is 77.7 Å². The average molecular weight is 1060 g/mol. The quantitative estimate of drug-likeness (QED) is 0.115. The van der Waals surface area contributed by atoms with Crippen LogP contribution >= 0.6 is 0 Å². The number of nitrogens with one attached hydrogen (secondary N) is 1. The summed E-state index contributed by atoms with van der Waals surface area (Å²) in [5, 5.41) is 35.2. The number of benzene rings is 8. The Morgan fingerprint density at radius 2 is 0.810 bits per heavy atom. The van der Waals surface area contributed by atoms with Crippen molar-refractivity contribution in [3.05, 3.63) is 240 Å². The van der Waals surface area contributed by atoms with E-state index in [9.17, 15) is 24.0 Å². The van der Waals surface area contributed by atoms with Crippen molar-refractivity contribution in [3.63, 3.8) is 0 Å². The molecule has 3 aromatic heterocycles. The second-order valence-electron chi connectivity index (χ2n) is 17.2. The number of carbonyl (C=O) groups excluding carboxylic acids is 4. The maximum atomic E-state index is 13.0. The summed E-state index contributed by atoms with van der Waals surface area (Å²) >= 11 is 0. The Labute approximate surface area is 453 Å². The fourth-order valence-corrected chi connectivity index (χ4v) is 7.76. The van der Waals surface area contributed by atoms with Gasteiger partial charge in [-0.2, -0.15) is 24.8 Å². The monoisotopic (exact) mass is 1060 g/mol. The summed E-state index contributed by atoms with van der Waals surface area (Å²) in [6.07, 6.45) is 0. The van der Waals surface area contributed by atoms with Crippen molar-refractivity contribution in [1.29, 1.82) is 0 Å². The summed E-state index contributed by atoms with van der Waals surface area (Å²) in [5.41, 5.74) is 9.86. The van der Waals surface area contributed by atoms with Crippen molar-refractivity contribution in [2.45, 2.75) is 34.0 Å². The van der Waals surface area contributed by atoms with Gasteiger partial charge in [-0.3, -0.25) is 9.80 Å². The van der Waals surface area contributed by atoms with E-state index in [-0.39, 0.29) is 30.2 Å². The number of para-hydroxylation sites is 4. The summed E-state index contributed by atoms with van der Waals surface area (Å²) in [6.45, 7) is 7.07. The summed E-state index contributed by atoms with van der Waals surface area (Å²) in [7, 11) is 0. The summed E-state index contributed by atoms with van der Waals surface area (Å²) in [6, 6.07) is 60.9. The molecule has 0 saturated carbocycles. The highest BCUT2D eigenvalue weighted by molar-refractivity contribution is 6.00. The van der Waals surface area contributed by atoms with E-state index >= 15 is 0 Å². The van der Waals surface area contributed by atoms with Gasteiger partial charge in [0.25, 0.3) is 0 Å². The number of carboxylic acid groups (broad SMARTS) is 1. The van der Waals surface area contributed by atoms with Gasteiger partial charge in [-0.25, -0.2) is 24.0 Å². The number of rotatable bonds is 11. The fourth-order valence-electron chi connectivity index (χ4n) is 7.76. The maximum absolute atomic E-state index is 13.0. The number of H-pyrrole nitrogens is 1. The van der Waals surface area contributed by atoms with E-state index in [1.807, 2.05) is 142 Å². The zero-order valence-electron chi connectivity index (χ0n) is 43.2. The van der Waals surface area contributed by atoms with Crippen molar-refractivity contribution >= 4 is 74.4 Å². The van der Waals surface area contributed by atoms with Gasteiger partial charge < -0.3 is 14.6 Å². The minimum Gasteiger partial charge on any atom is -0.478 e.